The Morgan fingerprint density at radius 3 is 2.50 bits per heavy atom. The monoisotopic (exact) mass is 395 g/mol. The number of thiazole rings is 1. The van der Waals surface area contributed by atoms with Gasteiger partial charge in [-0.05, 0) is 29.8 Å². The van der Waals surface area contributed by atoms with Gasteiger partial charge in [0.15, 0.2) is 5.13 Å². The lowest BCUT2D eigenvalue weighted by atomic mass is 9.75. The van der Waals surface area contributed by atoms with E-state index in [1.54, 1.807) is 12.1 Å². The lowest BCUT2D eigenvalue weighted by molar-refractivity contribution is -0.115. The fourth-order valence-corrected chi connectivity index (χ4v) is 4.67. The molecule has 0 unspecified atom stereocenters. The van der Waals surface area contributed by atoms with Crippen LogP contribution in [0.5, 0.6) is 0 Å². The Balaban J connectivity index is 1.44. The molecule has 1 fully saturated rings. The third kappa shape index (κ3) is 3.70. The van der Waals surface area contributed by atoms with E-state index in [9.17, 15) is 9.18 Å². The number of rotatable bonds is 5. The number of hydrogen-bond acceptors (Lipinski definition) is 4. The van der Waals surface area contributed by atoms with E-state index < -0.39 is 0 Å². The normalized spacial score (nSPS) is 15.8. The summed E-state index contributed by atoms with van der Waals surface area (Å²) in [5.74, 6) is -0.473. The molecule has 0 saturated carbocycles. The number of carbonyl (C=O) groups excluding carboxylic acids is 1. The summed E-state index contributed by atoms with van der Waals surface area (Å²) in [5.41, 5.74) is 3.11. The highest BCUT2D eigenvalue weighted by atomic mass is 32.1. The lowest BCUT2D eigenvalue weighted by Gasteiger charge is -2.48. The van der Waals surface area contributed by atoms with Crippen LogP contribution in [0.1, 0.15) is 25.1 Å². The van der Waals surface area contributed by atoms with Crippen molar-refractivity contribution in [3.8, 4) is 0 Å². The number of anilines is 2. The molecule has 0 atom stereocenters. The second-order valence-corrected chi connectivity index (χ2v) is 8.36. The Bertz CT molecular complexity index is 965. The molecule has 6 heteroatoms. The van der Waals surface area contributed by atoms with Crippen molar-refractivity contribution >= 4 is 28.1 Å². The van der Waals surface area contributed by atoms with E-state index in [2.05, 4.69) is 41.1 Å². The van der Waals surface area contributed by atoms with Gasteiger partial charge in [0.2, 0.25) is 5.91 Å². The predicted molar refractivity (Wildman–Crippen MR) is 110 cm³/mol. The molecule has 2 aromatic carbocycles. The standard InChI is InChI=1S/C22H22FN3OS/c1-16(27)26(20-10-8-18(23)9-11-20)21-24-19(13-28-21)12-25-14-22(2,15-25)17-6-4-3-5-7-17/h3-11,13H,12,14-15H2,1-2H3. The molecular formula is C22H22FN3OS. The molecule has 2 heterocycles. The second-order valence-electron chi connectivity index (χ2n) is 7.52. The SMILES string of the molecule is CC(=O)N(c1ccc(F)cc1)c1nc(CN2CC(C)(c3ccccc3)C2)cs1. The number of carbonyl (C=O) groups is 1. The van der Waals surface area contributed by atoms with Gasteiger partial charge in [0.1, 0.15) is 5.82 Å². The van der Waals surface area contributed by atoms with E-state index in [4.69, 9.17) is 0 Å². The average molecular weight is 396 g/mol. The van der Waals surface area contributed by atoms with E-state index in [0.29, 0.717) is 10.8 Å². The first kappa shape index (κ1) is 18.8. The molecule has 4 rings (SSSR count). The van der Waals surface area contributed by atoms with Crippen molar-refractivity contribution in [2.24, 2.45) is 0 Å². The quantitative estimate of drug-likeness (QED) is 0.626. The third-order valence-corrected chi connectivity index (χ3v) is 6.01. The summed E-state index contributed by atoms with van der Waals surface area (Å²) in [6.45, 7) is 6.51. The van der Waals surface area contributed by atoms with Crippen molar-refractivity contribution < 1.29 is 9.18 Å². The van der Waals surface area contributed by atoms with E-state index in [0.717, 1.165) is 25.3 Å². The number of hydrogen-bond donors (Lipinski definition) is 0. The summed E-state index contributed by atoms with van der Waals surface area (Å²) in [5, 5.41) is 2.60. The van der Waals surface area contributed by atoms with Crippen LogP contribution in [0.4, 0.5) is 15.2 Å². The third-order valence-electron chi connectivity index (χ3n) is 5.13. The number of amides is 1. The van der Waals surface area contributed by atoms with Crippen LogP contribution >= 0.6 is 11.3 Å². The summed E-state index contributed by atoms with van der Waals surface area (Å²) in [6.07, 6.45) is 0. The Morgan fingerprint density at radius 2 is 1.86 bits per heavy atom. The molecule has 144 valence electrons. The van der Waals surface area contributed by atoms with Crippen molar-refractivity contribution in [3.63, 3.8) is 0 Å². The van der Waals surface area contributed by atoms with E-state index >= 15 is 0 Å². The van der Waals surface area contributed by atoms with Crippen molar-refractivity contribution in [2.45, 2.75) is 25.8 Å². The van der Waals surface area contributed by atoms with Gasteiger partial charge in [-0.15, -0.1) is 11.3 Å². The maximum Gasteiger partial charge on any atom is 0.230 e. The first-order valence-corrected chi connectivity index (χ1v) is 10.1. The van der Waals surface area contributed by atoms with Gasteiger partial charge in [0, 0.05) is 37.4 Å². The molecule has 0 radical (unpaired) electrons. The van der Waals surface area contributed by atoms with E-state index in [1.165, 1.54) is 40.9 Å². The van der Waals surface area contributed by atoms with Crippen LogP contribution in [0.3, 0.4) is 0 Å². The van der Waals surface area contributed by atoms with Gasteiger partial charge in [-0.1, -0.05) is 37.3 Å². The zero-order valence-electron chi connectivity index (χ0n) is 15.9. The van der Waals surface area contributed by atoms with Crippen LogP contribution in [-0.2, 0) is 16.8 Å². The van der Waals surface area contributed by atoms with Gasteiger partial charge in [-0.25, -0.2) is 9.37 Å². The van der Waals surface area contributed by atoms with Crippen LogP contribution in [0.25, 0.3) is 0 Å². The average Bonchev–Trinajstić information content (AvgIpc) is 3.10. The molecule has 1 aliphatic heterocycles. The van der Waals surface area contributed by atoms with Crippen LogP contribution < -0.4 is 4.90 Å². The topological polar surface area (TPSA) is 36.4 Å². The van der Waals surface area contributed by atoms with Crippen LogP contribution in [0.2, 0.25) is 0 Å². The molecule has 0 N–H and O–H groups in total. The van der Waals surface area contributed by atoms with Gasteiger partial charge >= 0.3 is 0 Å². The number of nitrogens with zero attached hydrogens (tertiary/aromatic N) is 3. The molecule has 1 amide bonds. The largest absolute Gasteiger partial charge is 0.296 e. The molecular weight excluding hydrogens is 373 g/mol. The summed E-state index contributed by atoms with van der Waals surface area (Å²) < 4.78 is 13.2. The molecule has 0 bridgehead atoms. The smallest absolute Gasteiger partial charge is 0.230 e. The molecule has 1 saturated heterocycles. The van der Waals surface area contributed by atoms with Gasteiger partial charge in [-0.2, -0.15) is 0 Å². The molecule has 0 spiro atoms. The molecule has 1 aliphatic rings. The zero-order chi connectivity index (χ0) is 19.7. The Morgan fingerprint density at radius 1 is 1.18 bits per heavy atom. The highest BCUT2D eigenvalue weighted by Crippen LogP contribution is 2.36. The van der Waals surface area contributed by atoms with Crippen molar-refractivity contribution in [1.29, 1.82) is 0 Å². The van der Waals surface area contributed by atoms with Crippen LogP contribution in [0, 0.1) is 5.82 Å². The summed E-state index contributed by atoms with van der Waals surface area (Å²) >= 11 is 1.43. The van der Waals surface area contributed by atoms with Crippen molar-refractivity contribution in [2.75, 3.05) is 18.0 Å². The minimum absolute atomic E-state index is 0.145. The summed E-state index contributed by atoms with van der Waals surface area (Å²) in [7, 11) is 0. The number of likely N-dealkylation sites (tertiary alicyclic amines) is 1. The highest BCUT2D eigenvalue weighted by Gasteiger charge is 2.40. The molecule has 28 heavy (non-hydrogen) atoms. The number of benzene rings is 2. The highest BCUT2D eigenvalue weighted by molar-refractivity contribution is 7.14. The van der Waals surface area contributed by atoms with Gasteiger partial charge in [0.25, 0.3) is 0 Å². The fourth-order valence-electron chi connectivity index (χ4n) is 3.79. The molecule has 1 aromatic heterocycles. The maximum atomic E-state index is 13.2. The fraction of sp³-hybridized carbons (Fsp3) is 0.273. The predicted octanol–water partition coefficient (Wildman–Crippen LogP) is 4.74. The van der Waals surface area contributed by atoms with Crippen molar-refractivity contribution in [1.82, 2.24) is 9.88 Å². The lowest BCUT2D eigenvalue weighted by Crippen LogP contribution is -2.56. The van der Waals surface area contributed by atoms with E-state index in [1.807, 2.05) is 11.4 Å². The minimum atomic E-state index is -0.327. The zero-order valence-corrected chi connectivity index (χ0v) is 16.7. The van der Waals surface area contributed by atoms with Crippen LogP contribution in [0.15, 0.2) is 60.0 Å². The molecule has 3 aromatic rings. The Labute approximate surface area is 168 Å². The number of aromatic nitrogens is 1. The summed E-state index contributed by atoms with van der Waals surface area (Å²) in [4.78, 5) is 20.7. The number of halogens is 1. The summed E-state index contributed by atoms with van der Waals surface area (Å²) in [6, 6.07) is 16.5. The van der Waals surface area contributed by atoms with Gasteiger partial charge in [0.05, 0.1) is 11.4 Å². The Hall–Kier alpha value is -2.57. The first-order valence-electron chi connectivity index (χ1n) is 9.23. The maximum absolute atomic E-state index is 13.2. The molecule has 0 aliphatic carbocycles. The molecule has 4 nitrogen and oxygen atoms in total. The van der Waals surface area contributed by atoms with Crippen LogP contribution in [-0.4, -0.2) is 28.9 Å². The van der Waals surface area contributed by atoms with Gasteiger partial charge in [-0.3, -0.25) is 14.6 Å². The van der Waals surface area contributed by atoms with E-state index in [-0.39, 0.29) is 17.1 Å². The Kier molecular flexibility index (Phi) is 5.00. The second kappa shape index (κ2) is 7.45. The van der Waals surface area contributed by atoms with Gasteiger partial charge < -0.3 is 0 Å². The minimum Gasteiger partial charge on any atom is -0.296 e. The first-order chi connectivity index (χ1) is 13.4. The van der Waals surface area contributed by atoms with Crippen molar-refractivity contribution in [3.05, 3.63) is 77.1 Å².